The number of benzene rings is 1. The van der Waals surface area contributed by atoms with E-state index in [2.05, 4.69) is 22.2 Å². The molecule has 21 heavy (non-hydrogen) atoms. The Hall–Kier alpha value is -2.10. The Balaban J connectivity index is 2.33. The molecule has 0 aliphatic heterocycles. The number of nitrogens with one attached hydrogen (secondary N) is 1. The molecule has 0 saturated heterocycles. The fraction of sp³-hybridized carbons (Fsp3) is 0.412. The Kier molecular flexibility index (Phi) is 5.14. The van der Waals surface area contributed by atoms with Gasteiger partial charge in [0.1, 0.15) is 17.9 Å². The Morgan fingerprint density at radius 3 is 2.76 bits per heavy atom. The molecule has 0 unspecified atom stereocenters. The molecular formula is C17H23N3O. The van der Waals surface area contributed by atoms with Crippen LogP contribution in [0.3, 0.4) is 0 Å². The third-order valence-corrected chi connectivity index (χ3v) is 3.11. The second-order valence-electron chi connectivity index (χ2n) is 5.32. The van der Waals surface area contributed by atoms with Gasteiger partial charge in [0.05, 0.1) is 11.8 Å². The lowest BCUT2D eigenvalue weighted by molar-refractivity contribution is 0.242. The first kappa shape index (κ1) is 15.3. The Morgan fingerprint density at radius 1 is 1.24 bits per heavy atom. The van der Waals surface area contributed by atoms with Gasteiger partial charge < -0.3 is 10.1 Å². The quantitative estimate of drug-likeness (QED) is 0.869. The molecule has 0 spiro atoms. The first-order chi connectivity index (χ1) is 10.1. The van der Waals surface area contributed by atoms with Crippen LogP contribution in [0.5, 0.6) is 5.75 Å². The molecule has 2 rings (SSSR count). The van der Waals surface area contributed by atoms with Crippen LogP contribution in [0.1, 0.15) is 32.8 Å². The van der Waals surface area contributed by atoms with E-state index in [9.17, 15) is 0 Å². The van der Waals surface area contributed by atoms with E-state index in [0.29, 0.717) is 0 Å². The van der Waals surface area contributed by atoms with Crippen molar-refractivity contribution in [2.45, 2.75) is 40.2 Å². The molecule has 0 atom stereocenters. The van der Waals surface area contributed by atoms with E-state index in [-0.39, 0.29) is 6.10 Å². The van der Waals surface area contributed by atoms with Crippen molar-refractivity contribution >= 4 is 5.82 Å². The molecule has 0 radical (unpaired) electrons. The molecule has 4 nitrogen and oxygen atoms in total. The van der Waals surface area contributed by atoms with Crippen LogP contribution in [-0.2, 0) is 0 Å². The standard InChI is InChI=1S/C17H23N3O/c1-5-9-18-17-13(4)16(19-11-20-17)14-7-6-8-15(10-14)21-12(2)3/h6-8,10-12H,5,9H2,1-4H3,(H,18,19,20). The highest BCUT2D eigenvalue weighted by Gasteiger charge is 2.10. The van der Waals surface area contributed by atoms with E-state index in [0.717, 1.165) is 41.4 Å². The van der Waals surface area contributed by atoms with E-state index < -0.39 is 0 Å². The van der Waals surface area contributed by atoms with Gasteiger partial charge in [0.2, 0.25) is 0 Å². The summed E-state index contributed by atoms with van der Waals surface area (Å²) in [6, 6.07) is 8.04. The number of hydrogen-bond donors (Lipinski definition) is 1. The van der Waals surface area contributed by atoms with Crippen LogP contribution in [0, 0.1) is 6.92 Å². The largest absolute Gasteiger partial charge is 0.491 e. The number of nitrogens with zero attached hydrogens (tertiary/aromatic N) is 2. The maximum absolute atomic E-state index is 5.75. The van der Waals surface area contributed by atoms with Crippen LogP contribution in [0.15, 0.2) is 30.6 Å². The normalized spacial score (nSPS) is 10.7. The Labute approximate surface area is 126 Å². The molecule has 112 valence electrons. The molecule has 2 aromatic rings. The second-order valence-corrected chi connectivity index (χ2v) is 5.32. The van der Waals surface area contributed by atoms with Crippen molar-refractivity contribution in [1.29, 1.82) is 0 Å². The van der Waals surface area contributed by atoms with E-state index >= 15 is 0 Å². The third kappa shape index (κ3) is 3.94. The van der Waals surface area contributed by atoms with Gasteiger partial charge in [-0.05, 0) is 39.3 Å². The first-order valence-corrected chi connectivity index (χ1v) is 7.44. The molecule has 0 amide bonds. The monoisotopic (exact) mass is 285 g/mol. The molecule has 0 aliphatic rings. The molecule has 0 saturated carbocycles. The summed E-state index contributed by atoms with van der Waals surface area (Å²) in [6.07, 6.45) is 2.83. The van der Waals surface area contributed by atoms with Crippen LogP contribution >= 0.6 is 0 Å². The summed E-state index contributed by atoms with van der Waals surface area (Å²) >= 11 is 0. The highest BCUT2D eigenvalue weighted by Crippen LogP contribution is 2.27. The second kappa shape index (κ2) is 7.07. The highest BCUT2D eigenvalue weighted by molar-refractivity contribution is 5.68. The number of anilines is 1. The minimum absolute atomic E-state index is 0.161. The van der Waals surface area contributed by atoms with E-state index in [4.69, 9.17) is 4.74 Å². The zero-order valence-corrected chi connectivity index (χ0v) is 13.2. The van der Waals surface area contributed by atoms with Crippen LogP contribution < -0.4 is 10.1 Å². The summed E-state index contributed by atoms with van der Waals surface area (Å²) in [7, 11) is 0. The molecular weight excluding hydrogens is 262 g/mol. The van der Waals surface area contributed by atoms with Gasteiger partial charge in [0.25, 0.3) is 0 Å². The zero-order chi connectivity index (χ0) is 15.2. The van der Waals surface area contributed by atoms with Crippen molar-refractivity contribution in [3.63, 3.8) is 0 Å². The summed E-state index contributed by atoms with van der Waals surface area (Å²) in [5.74, 6) is 1.76. The number of aromatic nitrogens is 2. The highest BCUT2D eigenvalue weighted by atomic mass is 16.5. The number of ether oxygens (including phenoxy) is 1. The summed E-state index contributed by atoms with van der Waals surface area (Å²) < 4.78 is 5.75. The molecule has 1 aromatic heterocycles. The van der Waals surface area contributed by atoms with Gasteiger partial charge in [-0.1, -0.05) is 19.1 Å². The SMILES string of the molecule is CCCNc1ncnc(-c2cccc(OC(C)C)c2)c1C. The predicted octanol–water partition coefficient (Wildman–Crippen LogP) is 4.06. The molecule has 0 bridgehead atoms. The molecule has 0 fully saturated rings. The minimum atomic E-state index is 0.161. The van der Waals surface area contributed by atoms with Gasteiger partial charge in [0.15, 0.2) is 0 Å². The molecule has 1 N–H and O–H groups in total. The van der Waals surface area contributed by atoms with Crippen LogP contribution in [0.4, 0.5) is 5.82 Å². The predicted molar refractivity (Wildman–Crippen MR) is 86.7 cm³/mol. The zero-order valence-electron chi connectivity index (χ0n) is 13.2. The summed E-state index contributed by atoms with van der Waals surface area (Å²) in [5, 5.41) is 3.34. The van der Waals surface area contributed by atoms with Crippen molar-refractivity contribution in [1.82, 2.24) is 9.97 Å². The lowest BCUT2D eigenvalue weighted by atomic mass is 10.1. The van der Waals surface area contributed by atoms with Crippen molar-refractivity contribution in [2.24, 2.45) is 0 Å². The number of rotatable bonds is 6. The average molecular weight is 285 g/mol. The maximum atomic E-state index is 5.75. The van der Waals surface area contributed by atoms with Crippen molar-refractivity contribution < 1.29 is 4.74 Å². The van der Waals surface area contributed by atoms with Gasteiger partial charge in [-0.25, -0.2) is 9.97 Å². The van der Waals surface area contributed by atoms with Gasteiger partial charge >= 0.3 is 0 Å². The topological polar surface area (TPSA) is 47.0 Å². The Bertz CT molecular complexity index is 596. The smallest absolute Gasteiger partial charge is 0.132 e. The van der Waals surface area contributed by atoms with Crippen molar-refractivity contribution in [2.75, 3.05) is 11.9 Å². The maximum Gasteiger partial charge on any atom is 0.132 e. The van der Waals surface area contributed by atoms with E-state index in [1.54, 1.807) is 6.33 Å². The Morgan fingerprint density at radius 2 is 2.05 bits per heavy atom. The molecule has 4 heteroatoms. The fourth-order valence-corrected chi connectivity index (χ4v) is 2.15. The first-order valence-electron chi connectivity index (χ1n) is 7.44. The average Bonchev–Trinajstić information content (AvgIpc) is 2.46. The van der Waals surface area contributed by atoms with E-state index in [1.165, 1.54) is 0 Å². The lowest BCUT2D eigenvalue weighted by Gasteiger charge is -2.13. The van der Waals surface area contributed by atoms with Crippen molar-refractivity contribution in [3.05, 3.63) is 36.2 Å². The molecule has 1 heterocycles. The molecule has 1 aromatic carbocycles. The fourth-order valence-electron chi connectivity index (χ4n) is 2.15. The van der Waals surface area contributed by atoms with E-state index in [1.807, 2.05) is 45.0 Å². The van der Waals surface area contributed by atoms with Gasteiger partial charge in [-0.2, -0.15) is 0 Å². The van der Waals surface area contributed by atoms with Gasteiger partial charge in [-0.15, -0.1) is 0 Å². The van der Waals surface area contributed by atoms with Gasteiger partial charge in [-0.3, -0.25) is 0 Å². The van der Waals surface area contributed by atoms with Crippen molar-refractivity contribution in [3.8, 4) is 17.0 Å². The number of hydrogen-bond acceptors (Lipinski definition) is 4. The summed E-state index contributed by atoms with van der Waals surface area (Å²) in [6.45, 7) is 9.14. The lowest BCUT2D eigenvalue weighted by Crippen LogP contribution is -2.06. The third-order valence-electron chi connectivity index (χ3n) is 3.11. The summed E-state index contributed by atoms with van der Waals surface area (Å²) in [5.41, 5.74) is 3.05. The molecule has 0 aliphatic carbocycles. The van der Waals surface area contributed by atoms with Crippen LogP contribution in [-0.4, -0.2) is 22.6 Å². The minimum Gasteiger partial charge on any atom is -0.491 e. The summed E-state index contributed by atoms with van der Waals surface area (Å²) in [4.78, 5) is 8.75. The van der Waals surface area contributed by atoms with Gasteiger partial charge in [0, 0.05) is 17.7 Å². The van der Waals surface area contributed by atoms with Crippen LogP contribution in [0.2, 0.25) is 0 Å². The van der Waals surface area contributed by atoms with Crippen LogP contribution in [0.25, 0.3) is 11.3 Å².